The van der Waals surface area contributed by atoms with Crippen molar-refractivity contribution in [1.29, 1.82) is 0 Å². The molecule has 0 spiro atoms. The molecule has 4 aromatic rings. The third-order valence-electron chi connectivity index (χ3n) is 7.27. The smallest absolute Gasteiger partial charge is 0.387 e. The number of carbonyl (C=O) groups is 1. The first-order valence-electron chi connectivity index (χ1n) is 12.7. The molecule has 0 atom stereocenters. The molecule has 2 aromatic heterocycles. The molecule has 1 aliphatic carbocycles. The summed E-state index contributed by atoms with van der Waals surface area (Å²) >= 11 is 0. The molecule has 6 rings (SSSR count). The zero-order chi connectivity index (χ0) is 27.9. The van der Waals surface area contributed by atoms with Crippen molar-refractivity contribution in [1.82, 2.24) is 19.4 Å². The van der Waals surface area contributed by atoms with Crippen molar-refractivity contribution >= 4 is 22.5 Å². The summed E-state index contributed by atoms with van der Waals surface area (Å²) in [6.07, 6.45) is 5.21. The van der Waals surface area contributed by atoms with Crippen LogP contribution in [-0.2, 0) is 9.53 Å². The number of hydrogen-bond acceptors (Lipinski definition) is 7. The van der Waals surface area contributed by atoms with Gasteiger partial charge in [0.15, 0.2) is 0 Å². The summed E-state index contributed by atoms with van der Waals surface area (Å²) in [5, 5.41) is 3.05. The lowest BCUT2D eigenvalue weighted by Crippen LogP contribution is -2.51. The van der Waals surface area contributed by atoms with Crippen LogP contribution in [0.1, 0.15) is 12.8 Å². The largest absolute Gasteiger partial charge is 0.433 e. The highest BCUT2D eigenvalue weighted by Crippen LogP contribution is 2.44. The van der Waals surface area contributed by atoms with Crippen LogP contribution < -0.4 is 15.6 Å². The van der Waals surface area contributed by atoms with Gasteiger partial charge in [0.25, 0.3) is 5.56 Å². The van der Waals surface area contributed by atoms with Crippen molar-refractivity contribution in [3.63, 3.8) is 0 Å². The molecular formula is C28H24F3N5O4. The summed E-state index contributed by atoms with van der Waals surface area (Å²) in [6, 6.07) is 10.4. The average molecular weight is 552 g/mol. The molecule has 12 heteroatoms. The number of alkyl halides is 2. The summed E-state index contributed by atoms with van der Waals surface area (Å²) in [5.74, 6) is -1.03. The number of aromatic nitrogens is 3. The summed E-state index contributed by atoms with van der Waals surface area (Å²) in [5.41, 5.74) is 0.730. The molecule has 2 aliphatic rings. The molecule has 206 valence electrons. The van der Waals surface area contributed by atoms with Crippen LogP contribution in [0.15, 0.2) is 66.0 Å². The second kappa shape index (κ2) is 10.4. The molecular weight excluding hydrogens is 527 g/mol. The summed E-state index contributed by atoms with van der Waals surface area (Å²) in [6.45, 7) is -0.874. The maximum Gasteiger partial charge on any atom is 0.387 e. The van der Waals surface area contributed by atoms with E-state index in [4.69, 9.17) is 4.74 Å². The van der Waals surface area contributed by atoms with E-state index in [9.17, 15) is 22.8 Å². The molecule has 1 saturated carbocycles. The van der Waals surface area contributed by atoms with E-state index in [0.717, 1.165) is 6.20 Å². The van der Waals surface area contributed by atoms with Gasteiger partial charge in [-0.25, -0.2) is 9.37 Å². The minimum atomic E-state index is -3.11. The third kappa shape index (κ3) is 4.91. The van der Waals surface area contributed by atoms with Gasteiger partial charge >= 0.3 is 6.61 Å². The molecule has 1 saturated heterocycles. The normalized spacial score (nSPS) is 16.7. The number of fused-ring (bicyclic) bond motifs is 1. The van der Waals surface area contributed by atoms with Crippen LogP contribution in [0.25, 0.3) is 27.7 Å². The zero-order valence-corrected chi connectivity index (χ0v) is 21.1. The van der Waals surface area contributed by atoms with Crippen molar-refractivity contribution in [2.45, 2.75) is 25.0 Å². The first-order chi connectivity index (χ1) is 19.3. The van der Waals surface area contributed by atoms with Crippen molar-refractivity contribution in [2.24, 2.45) is 0 Å². The molecule has 9 nitrogen and oxygen atoms in total. The topological polar surface area (TPSA) is 98.6 Å². The van der Waals surface area contributed by atoms with Gasteiger partial charge in [-0.1, -0.05) is 6.07 Å². The van der Waals surface area contributed by atoms with Crippen LogP contribution in [0.4, 0.5) is 18.9 Å². The molecule has 1 amide bonds. The fourth-order valence-corrected chi connectivity index (χ4v) is 5.05. The Bertz CT molecular complexity index is 1650. The number of amides is 1. The van der Waals surface area contributed by atoms with Crippen molar-refractivity contribution in [3.05, 3.63) is 77.4 Å². The van der Waals surface area contributed by atoms with Gasteiger partial charge in [-0.05, 0) is 54.8 Å². The lowest BCUT2D eigenvalue weighted by molar-refractivity contribution is -0.124. The Hall–Kier alpha value is -4.29. The van der Waals surface area contributed by atoms with Crippen LogP contribution in [0, 0.1) is 5.82 Å². The third-order valence-corrected chi connectivity index (χ3v) is 7.27. The SMILES string of the molecule is O=C(Nc1cc(-n2cnc3cc(-c4cncc(F)c4)ccc3c2=O)ccc1OC(F)F)C1(N2CCOCC2)CC1. The lowest BCUT2D eigenvalue weighted by atomic mass is 10.1. The summed E-state index contributed by atoms with van der Waals surface area (Å²) in [4.78, 5) is 37.0. The van der Waals surface area contributed by atoms with Gasteiger partial charge in [0.05, 0.1) is 41.7 Å². The predicted octanol–water partition coefficient (Wildman–Crippen LogP) is 3.99. The fraction of sp³-hybridized carbons (Fsp3) is 0.286. The van der Waals surface area contributed by atoms with E-state index >= 15 is 0 Å². The van der Waals surface area contributed by atoms with Gasteiger partial charge in [0, 0.05) is 24.8 Å². The highest BCUT2D eigenvalue weighted by Gasteiger charge is 2.54. The maximum atomic E-state index is 13.6. The first kappa shape index (κ1) is 26.0. The van der Waals surface area contributed by atoms with E-state index in [0.29, 0.717) is 66.9 Å². The minimum Gasteiger partial charge on any atom is -0.433 e. The van der Waals surface area contributed by atoms with E-state index in [2.05, 4.69) is 24.9 Å². The van der Waals surface area contributed by atoms with Gasteiger partial charge in [-0.3, -0.25) is 24.0 Å². The Morgan fingerprint density at radius 2 is 1.85 bits per heavy atom. The highest BCUT2D eigenvalue weighted by atomic mass is 19.3. The summed E-state index contributed by atoms with van der Waals surface area (Å²) in [7, 11) is 0. The molecule has 3 heterocycles. The van der Waals surface area contributed by atoms with E-state index in [1.54, 1.807) is 18.2 Å². The Balaban J connectivity index is 1.34. The molecule has 0 radical (unpaired) electrons. The zero-order valence-electron chi connectivity index (χ0n) is 21.1. The average Bonchev–Trinajstić information content (AvgIpc) is 3.77. The monoisotopic (exact) mass is 551 g/mol. The number of ether oxygens (including phenoxy) is 2. The number of nitrogens with one attached hydrogen (secondary N) is 1. The van der Waals surface area contributed by atoms with Crippen LogP contribution in [0.3, 0.4) is 0 Å². The number of hydrogen-bond donors (Lipinski definition) is 1. The fourth-order valence-electron chi connectivity index (χ4n) is 5.05. The van der Waals surface area contributed by atoms with Crippen molar-refractivity contribution in [3.8, 4) is 22.6 Å². The molecule has 0 bridgehead atoms. The van der Waals surface area contributed by atoms with E-state index < -0.39 is 23.5 Å². The van der Waals surface area contributed by atoms with Gasteiger partial charge in [0.2, 0.25) is 5.91 Å². The Morgan fingerprint density at radius 1 is 1.05 bits per heavy atom. The van der Waals surface area contributed by atoms with Gasteiger partial charge in [-0.2, -0.15) is 8.78 Å². The number of anilines is 1. The Morgan fingerprint density at radius 3 is 2.58 bits per heavy atom. The van der Waals surface area contributed by atoms with Crippen LogP contribution in [0.2, 0.25) is 0 Å². The highest BCUT2D eigenvalue weighted by molar-refractivity contribution is 6.01. The number of pyridine rings is 1. The lowest BCUT2D eigenvalue weighted by Gasteiger charge is -2.34. The number of halogens is 3. The van der Waals surface area contributed by atoms with Crippen molar-refractivity contribution in [2.75, 3.05) is 31.6 Å². The predicted molar refractivity (Wildman–Crippen MR) is 140 cm³/mol. The van der Waals surface area contributed by atoms with Gasteiger partial charge in [0.1, 0.15) is 23.4 Å². The standard InChI is InChI=1S/C28H24F3N5O4/c29-19-11-18(14-32-15-19)17-1-3-21-22(12-17)33-16-36(25(21)37)20-2-4-24(40-27(30)31)23(13-20)34-26(38)28(5-6-28)35-7-9-39-10-8-35/h1-4,11-16,27H,5-10H2,(H,34,38). The van der Waals surface area contributed by atoms with Gasteiger partial charge in [-0.15, -0.1) is 0 Å². The number of morpholine rings is 1. The number of rotatable bonds is 7. The minimum absolute atomic E-state index is 0.0169. The molecule has 2 fully saturated rings. The van der Waals surface area contributed by atoms with Crippen LogP contribution >= 0.6 is 0 Å². The first-order valence-corrected chi connectivity index (χ1v) is 12.7. The molecule has 40 heavy (non-hydrogen) atoms. The molecule has 2 aromatic carbocycles. The molecule has 0 unspecified atom stereocenters. The molecule has 1 N–H and O–H groups in total. The Kier molecular flexibility index (Phi) is 6.72. The molecule has 1 aliphatic heterocycles. The number of carbonyl (C=O) groups excluding carboxylic acids is 1. The van der Waals surface area contributed by atoms with Crippen molar-refractivity contribution < 1.29 is 27.4 Å². The van der Waals surface area contributed by atoms with E-state index in [1.807, 2.05) is 0 Å². The second-order valence-electron chi connectivity index (χ2n) is 9.69. The van der Waals surface area contributed by atoms with Gasteiger partial charge < -0.3 is 14.8 Å². The van der Waals surface area contributed by atoms with E-state index in [-0.39, 0.29) is 17.3 Å². The maximum absolute atomic E-state index is 13.6. The van der Waals surface area contributed by atoms with Crippen LogP contribution in [-0.4, -0.2) is 63.8 Å². The number of nitrogens with zero attached hydrogens (tertiary/aromatic N) is 4. The number of benzene rings is 2. The quantitative estimate of drug-likeness (QED) is 0.371. The summed E-state index contributed by atoms with van der Waals surface area (Å²) < 4.78 is 51.3. The second-order valence-corrected chi connectivity index (χ2v) is 9.69. The van der Waals surface area contributed by atoms with E-state index in [1.165, 1.54) is 41.4 Å². The van der Waals surface area contributed by atoms with Crippen LogP contribution in [0.5, 0.6) is 5.75 Å². The Labute approximate surface area is 226 Å².